The molecule has 3 aromatic rings. The fourth-order valence-corrected chi connectivity index (χ4v) is 3.45. The largest absolute Gasteiger partial charge is 0.495 e. The monoisotopic (exact) mass is 349 g/mol. The number of nitriles is 1. The first-order chi connectivity index (χ1) is 12.2. The van der Waals surface area contributed by atoms with E-state index in [1.54, 1.807) is 37.4 Å². The number of ether oxygens (including phenoxy) is 1. The molecule has 0 amide bonds. The molecule has 0 saturated carbocycles. The minimum Gasteiger partial charge on any atom is -0.495 e. The predicted octanol–water partition coefficient (Wildman–Crippen LogP) is 4.19. The van der Waals surface area contributed by atoms with Crippen molar-refractivity contribution in [1.82, 2.24) is 0 Å². The molecular formula is C19H15N3O2S. The van der Waals surface area contributed by atoms with E-state index >= 15 is 0 Å². The van der Waals surface area contributed by atoms with Crippen LogP contribution in [0.1, 0.15) is 20.8 Å². The zero-order chi connectivity index (χ0) is 17.8. The maximum absolute atomic E-state index is 12.7. The van der Waals surface area contributed by atoms with E-state index in [1.165, 1.54) is 0 Å². The molecule has 25 heavy (non-hydrogen) atoms. The Morgan fingerprint density at radius 3 is 2.52 bits per heavy atom. The van der Waals surface area contributed by atoms with Crippen LogP contribution in [0.4, 0.5) is 16.4 Å². The number of nitrogen functional groups attached to an aromatic ring is 1. The van der Waals surface area contributed by atoms with Gasteiger partial charge in [-0.05, 0) is 12.1 Å². The molecule has 0 fully saturated rings. The van der Waals surface area contributed by atoms with Gasteiger partial charge in [-0.15, -0.1) is 11.3 Å². The SMILES string of the molecule is COc1ccccc1Nc1sc(C(=O)c2ccccc2)c(N)c1C#N. The van der Waals surface area contributed by atoms with E-state index in [0.717, 1.165) is 11.3 Å². The highest BCUT2D eigenvalue weighted by Crippen LogP contribution is 2.39. The zero-order valence-corrected chi connectivity index (χ0v) is 14.3. The van der Waals surface area contributed by atoms with Gasteiger partial charge in [-0.1, -0.05) is 42.5 Å². The number of thiophene rings is 1. The Bertz CT molecular complexity index is 959. The van der Waals surface area contributed by atoms with Crippen molar-refractivity contribution in [2.24, 2.45) is 0 Å². The maximum Gasteiger partial charge on any atom is 0.205 e. The van der Waals surface area contributed by atoms with Gasteiger partial charge in [-0.2, -0.15) is 5.26 Å². The van der Waals surface area contributed by atoms with Crippen molar-refractivity contribution in [2.45, 2.75) is 0 Å². The Morgan fingerprint density at radius 1 is 1.16 bits per heavy atom. The van der Waals surface area contributed by atoms with Crippen LogP contribution in [0.5, 0.6) is 5.75 Å². The van der Waals surface area contributed by atoms with Gasteiger partial charge >= 0.3 is 0 Å². The molecule has 124 valence electrons. The molecule has 0 aliphatic rings. The third kappa shape index (κ3) is 3.18. The number of hydrogen-bond donors (Lipinski definition) is 2. The van der Waals surface area contributed by atoms with Crippen LogP contribution < -0.4 is 15.8 Å². The van der Waals surface area contributed by atoms with Crippen molar-refractivity contribution in [3.8, 4) is 11.8 Å². The second-order valence-corrected chi connectivity index (χ2v) is 6.20. The number of rotatable bonds is 5. The fourth-order valence-electron chi connectivity index (χ4n) is 2.40. The lowest BCUT2D eigenvalue weighted by atomic mass is 10.1. The highest BCUT2D eigenvalue weighted by atomic mass is 32.1. The average Bonchev–Trinajstić information content (AvgIpc) is 2.97. The Morgan fingerprint density at radius 2 is 1.84 bits per heavy atom. The molecule has 0 saturated heterocycles. The molecule has 5 nitrogen and oxygen atoms in total. The molecule has 0 radical (unpaired) electrons. The number of hydrogen-bond acceptors (Lipinski definition) is 6. The molecule has 0 aliphatic heterocycles. The summed E-state index contributed by atoms with van der Waals surface area (Å²) in [6.45, 7) is 0. The van der Waals surface area contributed by atoms with Crippen molar-refractivity contribution in [2.75, 3.05) is 18.2 Å². The number of methoxy groups -OCH3 is 1. The number of nitrogens with zero attached hydrogens (tertiary/aromatic N) is 1. The lowest BCUT2D eigenvalue weighted by molar-refractivity contribution is 0.104. The molecule has 2 aromatic carbocycles. The van der Waals surface area contributed by atoms with Gasteiger partial charge < -0.3 is 15.8 Å². The summed E-state index contributed by atoms with van der Waals surface area (Å²) in [6, 6.07) is 18.3. The number of ketones is 1. The number of carbonyl (C=O) groups excluding carboxylic acids is 1. The van der Waals surface area contributed by atoms with Gasteiger partial charge in [0.1, 0.15) is 27.3 Å². The van der Waals surface area contributed by atoms with Crippen LogP contribution >= 0.6 is 11.3 Å². The molecule has 1 heterocycles. The smallest absolute Gasteiger partial charge is 0.205 e. The van der Waals surface area contributed by atoms with Crippen LogP contribution in [0.2, 0.25) is 0 Å². The predicted molar refractivity (Wildman–Crippen MR) is 99.6 cm³/mol. The lowest BCUT2D eigenvalue weighted by Crippen LogP contribution is -2.02. The standard InChI is InChI=1S/C19H15N3O2S/c1-24-15-10-6-5-9-14(15)22-19-13(11-20)16(21)18(25-19)17(23)12-7-3-2-4-8-12/h2-10,22H,21H2,1H3. The van der Waals surface area contributed by atoms with E-state index in [1.807, 2.05) is 24.3 Å². The van der Waals surface area contributed by atoms with Crippen LogP contribution in [-0.2, 0) is 0 Å². The van der Waals surface area contributed by atoms with E-state index in [2.05, 4.69) is 11.4 Å². The zero-order valence-electron chi connectivity index (χ0n) is 13.4. The normalized spacial score (nSPS) is 10.1. The minimum absolute atomic E-state index is 0.193. The Hall–Kier alpha value is -3.30. The number of carbonyl (C=O) groups is 1. The van der Waals surface area contributed by atoms with Gasteiger partial charge in [0.05, 0.1) is 18.5 Å². The van der Waals surface area contributed by atoms with E-state index < -0.39 is 0 Å². The van der Waals surface area contributed by atoms with E-state index in [4.69, 9.17) is 10.5 Å². The third-order valence-corrected chi connectivity index (χ3v) is 4.77. The van der Waals surface area contributed by atoms with Gasteiger partial charge in [0.25, 0.3) is 0 Å². The summed E-state index contributed by atoms with van der Waals surface area (Å²) >= 11 is 1.16. The summed E-state index contributed by atoms with van der Waals surface area (Å²) < 4.78 is 5.31. The lowest BCUT2D eigenvalue weighted by Gasteiger charge is -2.09. The number of para-hydroxylation sites is 2. The van der Waals surface area contributed by atoms with Gasteiger partial charge in [0, 0.05) is 5.56 Å². The van der Waals surface area contributed by atoms with E-state index in [-0.39, 0.29) is 17.0 Å². The summed E-state index contributed by atoms with van der Waals surface area (Å²) in [5.41, 5.74) is 7.75. The highest BCUT2D eigenvalue weighted by molar-refractivity contribution is 7.19. The van der Waals surface area contributed by atoms with Gasteiger partial charge in [0.15, 0.2) is 0 Å². The second-order valence-electron chi connectivity index (χ2n) is 5.18. The molecular weight excluding hydrogens is 334 g/mol. The average molecular weight is 349 g/mol. The van der Waals surface area contributed by atoms with Crippen molar-refractivity contribution in [1.29, 1.82) is 5.26 Å². The number of anilines is 3. The van der Waals surface area contributed by atoms with Crippen molar-refractivity contribution in [3.05, 3.63) is 70.6 Å². The minimum atomic E-state index is -0.201. The quantitative estimate of drug-likeness (QED) is 0.675. The molecule has 1 aromatic heterocycles. The topological polar surface area (TPSA) is 88.1 Å². The summed E-state index contributed by atoms with van der Waals surface area (Å²) in [5, 5.41) is 13.1. The highest BCUT2D eigenvalue weighted by Gasteiger charge is 2.22. The molecule has 0 unspecified atom stereocenters. The molecule has 0 bridgehead atoms. The maximum atomic E-state index is 12.7. The van der Waals surface area contributed by atoms with Gasteiger partial charge in [-0.3, -0.25) is 4.79 Å². The van der Waals surface area contributed by atoms with E-state index in [9.17, 15) is 10.1 Å². The molecule has 0 atom stereocenters. The summed E-state index contributed by atoms with van der Waals surface area (Å²) in [5.74, 6) is 0.432. The number of benzene rings is 2. The van der Waals surface area contributed by atoms with E-state index in [0.29, 0.717) is 26.9 Å². The second kappa shape index (κ2) is 7.07. The Kier molecular flexibility index (Phi) is 4.68. The molecule has 6 heteroatoms. The number of nitrogens with one attached hydrogen (secondary N) is 1. The fraction of sp³-hybridized carbons (Fsp3) is 0.0526. The van der Waals surface area contributed by atoms with Crippen LogP contribution in [-0.4, -0.2) is 12.9 Å². The Balaban J connectivity index is 2.02. The van der Waals surface area contributed by atoms with Gasteiger partial charge in [-0.25, -0.2) is 0 Å². The van der Waals surface area contributed by atoms with Crippen molar-refractivity contribution < 1.29 is 9.53 Å². The van der Waals surface area contributed by atoms with Crippen molar-refractivity contribution in [3.63, 3.8) is 0 Å². The molecule has 3 rings (SSSR count). The van der Waals surface area contributed by atoms with Crippen LogP contribution in [0, 0.1) is 11.3 Å². The Labute approximate surface area is 149 Å². The van der Waals surface area contributed by atoms with Crippen LogP contribution in [0.25, 0.3) is 0 Å². The van der Waals surface area contributed by atoms with Gasteiger partial charge in [0.2, 0.25) is 5.78 Å². The molecule has 3 N–H and O–H groups in total. The molecule has 0 spiro atoms. The summed E-state index contributed by atoms with van der Waals surface area (Å²) in [4.78, 5) is 13.0. The van der Waals surface area contributed by atoms with Crippen LogP contribution in [0.15, 0.2) is 54.6 Å². The summed E-state index contributed by atoms with van der Waals surface area (Å²) in [7, 11) is 1.57. The molecule has 0 aliphatic carbocycles. The third-order valence-electron chi connectivity index (χ3n) is 3.65. The first-order valence-electron chi connectivity index (χ1n) is 7.48. The first kappa shape index (κ1) is 16.6. The van der Waals surface area contributed by atoms with Crippen molar-refractivity contribution >= 4 is 33.5 Å². The number of nitrogens with two attached hydrogens (primary N) is 1. The summed E-state index contributed by atoms with van der Waals surface area (Å²) in [6.07, 6.45) is 0. The van der Waals surface area contributed by atoms with Crippen LogP contribution in [0.3, 0.4) is 0 Å². The first-order valence-corrected chi connectivity index (χ1v) is 8.29.